The van der Waals surface area contributed by atoms with Gasteiger partial charge in [0.2, 0.25) is 10.0 Å². The maximum atomic E-state index is 12.2. The lowest BCUT2D eigenvalue weighted by atomic mass is 9.84. The van der Waals surface area contributed by atoms with Crippen LogP contribution in [0.4, 0.5) is 0 Å². The molecule has 2 fully saturated rings. The van der Waals surface area contributed by atoms with Crippen LogP contribution in [-0.2, 0) is 14.8 Å². The minimum absolute atomic E-state index is 0.194. The zero-order chi connectivity index (χ0) is 14.6. The molecule has 0 aromatic carbocycles. The Labute approximate surface area is 121 Å². The van der Waals surface area contributed by atoms with Gasteiger partial charge >= 0.3 is 5.97 Å². The van der Waals surface area contributed by atoms with E-state index in [4.69, 9.17) is 5.11 Å². The number of piperidine rings is 1. The van der Waals surface area contributed by atoms with Crippen LogP contribution in [0.2, 0.25) is 0 Å². The summed E-state index contributed by atoms with van der Waals surface area (Å²) >= 11 is 0. The van der Waals surface area contributed by atoms with Crippen molar-refractivity contribution < 1.29 is 18.3 Å². The van der Waals surface area contributed by atoms with Crippen molar-refractivity contribution in [1.29, 1.82) is 0 Å². The molecule has 6 heteroatoms. The molecule has 1 saturated heterocycles. The van der Waals surface area contributed by atoms with Crippen LogP contribution in [0, 0.1) is 11.8 Å². The summed E-state index contributed by atoms with van der Waals surface area (Å²) < 4.78 is 26.1. The van der Waals surface area contributed by atoms with Gasteiger partial charge in [-0.3, -0.25) is 4.79 Å². The SMILES string of the molecule is O=C(O)CCC1CCN(S(=O)(=O)CCC2CCC2)CC1. The van der Waals surface area contributed by atoms with E-state index < -0.39 is 16.0 Å². The molecule has 0 aromatic rings. The third-order valence-corrected chi connectivity index (χ3v) is 6.65. The van der Waals surface area contributed by atoms with Gasteiger partial charge in [0.15, 0.2) is 0 Å². The lowest BCUT2D eigenvalue weighted by molar-refractivity contribution is -0.137. The largest absolute Gasteiger partial charge is 0.481 e. The quantitative estimate of drug-likeness (QED) is 0.781. The number of aliphatic carboxylic acids is 1. The van der Waals surface area contributed by atoms with E-state index in [1.54, 1.807) is 4.31 Å². The van der Waals surface area contributed by atoms with Gasteiger partial charge in [-0.2, -0.15) is 0 Å². The van der Waals surface area contributed by atoms with E-state index in [-0.39, 0.29) is 12.2 Å². The first kappa shape index (κ1) is 15.8. The summed E-state index contributed by atoms with van der Waals surface area (Å²) in [5, 5.41) is 8.67. The molecule has 0 spiro atoms. The molecule has 0 aromatic heterocycles. The van der Waals surface area contributed by atoms with Crippen molar-refractivity contribution >= 4 is 16.0 Å². The summed E-state index contributed by atoms with van der Waals surface area (Å²) in [5.74, 6) is 0.514. The van der Waals surface area contributed by atoms with Gasteiger partial charge in [-0.25, -0.2) is 12.7 Å². The van der Waals surface area contributed by atoms with Crippen molar-refractivity contribution in [3.63, 3.8) is 0 Å². The second-order valence-electron chi connectivity index (χ2n) is 6.18. The van der Waals surface area contributed by atoms with Crippen LogP contribution < -0.4 is 0 Å². The van der Waals surface area contributed by atoms with Crippen LogP contribution in [0.25, 0.3) is 0 Å². The van der Waals surface area contributed by atoms with E-state index in [0.717, 1.165) is 19.3 Å². The van der Waals surface area contributed by atoms with E-state index >= 15 is 0 Å². The maximum absolute atomic E-state index is 12.2. The van der Waals surface area contributed by atoms with E-state index in [2.05, 4.69) is 0 Å². The van der Waals surface area contributed by atoms with Crippen LogP contribution in [-0.4, -0.2) is 42.6 Å². The van der Waals surface area contributed by atoms with Gasteiger partial charge in [-0.05, 0) is 37.5 Å². The Hall–Kier alpha value is -0.620. The molecule has 1 N–H and O–H groups in total. The fraction of sp³-hybridized carbons (Fsp3) is 0.929. The summed E-state index contributed by atoms with van der Waals surface area (Å²) in [5.41, 5.74) is 0. The molecule has 5 nitrogen and oxygen atoms in total. The van der Waals surface area contributed by atoms with Gasteiger partial charge in [-0.15, -0.1) is 0 Å². The Morgan fingerprint density at radius 1 is 1.05 bits per heavy atom. The molecule has 0 bridgehead atoms. The van der Waals surface area contributed by atoms with Crippen LogP contribution >= 0.6 is 0 Å². The van der Waals surface area contributed by atoms with Crippen LogP contribution in [0.1, 0.15) is 51.4 Å². The minimum Gasteiger partial charge on any atom is -0.481 e. The zero-order valence-corrected chi connectivity index (χ0v) is 12.8. The number of carboxylic acids is 1. The first-order valence-electron chi connectivity index (χ1n) is 7.67. The second-order valence-corrected chi connectivity index (χ2v) is 8.26. The van der Waals surface area contributed by atoms with Crippen molar-refractivity contribution in [3.05, 3.63) is 0 Å². The molecule has 0 unspecified atom stereocenters. The van der Waals surface area contributed by atoms with Gasteiger partial charge in [-0.1, -0.05) is 19.3 Å². The lowest BCUT2D eigenvalue weighted by Crippen LogP contribution is -2.40. The van der Waals surface area contributed by atoms with Crippen molar-refractivity contribution in [2.75, 3.05) is 18.8 Å². The Balaban J connectivity index is 1.72. The summed E-state index contributed by atoms with van der Waals surface area (Å²) in [7, 11) is -3.09. The van der Waals surface area contributed by atoms with Gasteiger partial charge < -0.3 is 5.11 Å². The molecule has 1 heterocycles. The van der Waals surface area contributed by atoms with Crippen LogP contribution in [0.15, 0.2) is 0 Å². The molecule has 1 saturated carbocycles. The molecular weight excluding hydrogens is 278 g/mol. The standard InChI is InChI=1S/C14H25NO4S/c16-14(17)5-4-13-6-9-15(10-7-13)20(18,19)11-8-12-2-1-3-12/h12-13H,1-11H2,(H,16,17). The number of carboxylic acid groups (broad SMARTS) is 1. The van der Waals surface area contributed by atoms with Crippen molar-refractivity contribution in [2.24, 2.45) is 11.8 Å². The van der Waals surface area contributed by atoms with Gasteiger partial charge in [0.25, 0.3) is 0 Å². The highest BCUT2D eigenvalue weighted by Crippen LogP contribution is 2.30. The highest BCUT2D eigenvalue weighted by atomic mass is 32.2. The van der Waals surface area contributed by atoms with E-state index in [1.807, 2.05) is 0 Å². The first-order chi connectivity index (χ1) is 9.47. The van der Waals surface area contributed by atoms with Crippen LogP contribution in [0.5, 0.6) is 0 Å². The van der Waals surface area contributed by atoms with Crippen molar-refractivity contribution in [2.45, 2.75) is 51.4 Å². The molecular formula is C14H25NO4S. The van der Waals surface area contributed by atoms with Crippen LogP contribution in [0.3, 0.4) is 0 Å². The number of sulfonamides is 1. The number of nitrogens with zero attached hydrogens (tertiary/aromatic N) is 1. The summed E-state index contributed by atoms with van der Waals surface area (Å²) in [6, 6.07) is 0. The first-order valence-corrected chi connectivity index (χ1v) is 9.28. The molecule has 0 atom stereocenters. The molecule has 20 heavy (non-hydrogen) atoms. The molecule has 116 valence electrons. The number of hydrogen-bond donors (Lipinski definition) is 1. The molecule has 0 amide bonds. The molecule has 1 aliphatic carbocycles. The fourth-order valence-corrected chi connectivity index (χ4v) is 4.69. The summed E-state index contributed by atoms with van der Waals surface area (Å²) in [6.45, 7) is 1.13. The van der Waals surface area contributed by atoms with Crippen molar-refractivity contribution in [1.82, 2.24) is 4.31 Å². The maximum Gasteiger partial charge on any atom is 0.303 e. The number of carbonyl (C=O) groups is 1. The summed E-state index contributed by atoms with van der Waals surface area (Å²) in [4.78, 5) is 10.5. The fourth-order valence-electron chi connectivity index (χ4n) is 3.03. The van der Waals surface area contributed by atoms with Gasteiger partial charge in [0.05, 0.1) is 5.75 Å². The average Bonchev–Trinajstić information content (AvgIpc) is 2.35. The number of rotatable bonds is 7. The third-order valence-electron chi connectivity index (χ3n) is 4.74. The molecule has 2 rings (SSSR count). The van der Waals surface area contributed by atoms with Crippen molar-refractivity contribution in [3.8, 4) is 0 Å². The highest BCUT2D eigenvalue weighted by Gasteiger charge is 2.29. The van der Waals surface area contributed by atoms with Gasteiger partial charge in [0, 0.05) is 19.5 Å². The minimum atomic E-state index is -3.09. The number of hydrogen-bond acceptors (Lipinski definition) is 3. The topological polar surface area (TPSA) is 74.7 Å². The Bertz CT molecular complexity index is 422. The van der Waals surface area contributed by atoms with E-state index in [1.165, 1.54) is 19.3 Å². The predicted octanol–water partition coefficient (Wildman–Crippen LogP) is 2.08. The van der Waals surface area contributed by atoms with E-state index in [9.17, 15) is 13.2 Å². The Morgan fingerprint density at radius 2 is 1.65 bits per heavy atom. The molecule has 2 aliphatic rings. The lowest BCUT2D eigenvalue weighted by Gasteiger charge is -2.32. The summed E-state index contributed by atoms with van der Waals surface area (Å²) in [6.07, 6.45) is 6.90. The highest BCUT2D eigenvalue weighted by molar-refractivity contribution is 7.89. The average molecular weight is 303 g/mol. The monoisotopic (exact) mass is 303 g/mol. The normalized spacial score (nSPS) is 22.6. The smallest absolute Gasteiger partial charge is 0.303 e. The molecule has 0 radical (unpaired) electrons. The van der Waals surface area contributed by atoms with E-state index in [0.29, 0.717) is 31.3 Å². The second kappa shape index (κ2) is 6.89. The predicted molar refractivity (Wildman–Crippen MR) is 76.9 cm³/mol. The molecule has 1 aliphatic heterocycles. The third kappa shape index (κ3) is 4.45. The Morgan fingerprint density at radius 3 is 2.15 bits per heavy atom. The zero-order valence-electron chi connectivity index (χ0n) is 12.0. The van der Waals surface area contributed by atoms with Gasteiger partial charge in [0.1, 0.15) is 0 Å². The Kier molecular flexibility index (Phi) is 5.43.